The summed E-state index contributed by atoms with van der Waals surface area (Å²) in [5, 5.41) is 1.31. The van der Waals surface area contributed by atoms with Gasteiger partial charge < -0.3 is 9.30 Å². The molecule has 3 rings (SSSR count). The van der Waals surface area contributed by atoms with E-state index < -0.39 is 0 Å². The van der Waals surface area contributed by atoms with E-state index in [4.69, 9.17) is 4.74 Å². The van der Waals surface area contributed by atoms with Crippen molar-refractivity contribution in [1.82, 2.24) is 4.57 Å². The van der Waals surface area contributed by atoms with Crippen molar-refractivity contribution in [2.45, 2.75) is 26.3 Å². The highest BCUT2D eigenvalue weighted by atomic mass is 16.5. The molecule has 0 aliphatic heterocycles. The Labute approximate surface area is 126 Å². The monoisotopic (exact) mass is 279 g/mol. The van der Waals surface area contributed by atoms with Gasteiger partial charge in [-0.3, -0.25) is 0 Å². The first-order chi connectivity index (χ1) is 10.3. The first kappa shape index (κ1) is 13.7. The molecule has 0 saturated heterocycles. The first-order valence-electron chi connectivity index (χ1n) is 7.51. The van der Waals surface area contributed by atoms with E-state index in [1.165, 1.54) is 22.0 Å². The van der Waals surface area contributed by atoms with Crippen LogP contribution in [0.15, 0.2) is 54.7 Å². The number of ether oxygens (including phenoxy) is 1. The van der Waals surface area contributed by atoms with Crippen molar-refractivity contribution in [2.75, 3.05) is 7.11 Å². The minimum absolute atomic E-state index is 0.910. The molecule has 0 unspecified atom stereocenters. The SMILES string of the molecule is CCCc1cn(Cc2ccccc2)c2ccc(OC)cc12. The molecular weight excluding hydrogens is 258 g/mol. The summed E-state index contributed by atoms with van der Waals surface area (Å²) < 4.78 is 7.72. The van der Waals surface area contributed by atoms with Crippen LogP contribution in [0.4, 0.5) is 0 Å². The van der Waals surface area contributed by atoms with Gasteiger partial charge in [0.15, 0.2) is 0 Å². The van der Waals surface area contributed by atoms with Gasteiger partial charge in [0.1, 0.15) is 5.75 Å². The Kier molecular flexibility index (Phi) is 3.96. The molecule has 3 aromatic rings. The Morgan fingerprint density at radius 1 is 1.05 bits per heavy atom. The smallest absolute Gasteiger partial charge is 0.119 e. The summed E-state index contributed by atoms with van der Waals surface area (Å²) in [5.74, 6) is 0.928. The summed E-state index contributed by atoms with van der Waals surface area (Å²) in [6.45, 7) is 3.13. The number of aromatic nitrogens is 1. The Hall–Kier alpha value is -2.22. The molecule has 0 aliphatic carbocycles. The summed E-state index contributed by atoms with van der Waals surface area (Å²) in [4.78, 5) is 0. The van der Waals surface area contributed by atoms with Crippen molar-refractivity contribution in [3.05, 3.63) is 65.9 Å². The number of nitrogens with zero attached hydrogens (tertiary/aromatic N) is 1. The van der Waals surface area contributed by atoms with Gasteiger partial charge in [-0.05, 0) is 35.7 Å². The lowest BCUT2D eigenvalue weighted by Crippen LogP contribution is -1.97. The molecular formula is C19H21NO. The highest BCUT2D eigenvalue weighted by molar-refractivity contribution is 5.85. The first-order valence-corrected chi connectivity index (χ1v) is 7.51. The van der Waals surface area contributed by atoms with Gasteiger partial charge in [-0.1, -0.05) is 43.7 Å². The molecule has 1 aromatic heterocycles. The fourth-order valence-corrected chi connectivity index (χ4v) is 2.86. The summed E-state index contributed by atoms with van der Waals surface area (Å²) in [7, 11) is 1.72. The number of aryl methyl sites for hydroxylation is 1. The number of methoxy groups -OCH3 is 1. The van der Waals surface area contributed by atoms with Gasteiger partial charge in [-0.2, -0.15) is 0 Å². The van der Waals surface area contributed by atoms with Crippen molar-refractivity contribution in [1.29, 1.82) is 0 Å². The van der Waals surface area contributed by atoms with E-state index in [0.717, 1.165) is 25.1 Å². The van der Waals surface area contributed by atoms with Crippen LogP contribution in [0.2, 0.25) is 0 Å². The van der Waals surface area contributed by atoms with Gasteiger partial charge in [0.05, 0.1) is 7.11 Å². The molecule has 0 atom stereocenters. The fraction of sp³-hybridized carbons (Fsp3) is 0.263. The molecule has 0 amide bonds. The van der Waals surface area contributed by atoms with Crippen LogP contribution in [0.5, 0.6) is 5.75 Å². The van der Waals surface area contributed by atoms with Gasteiger partial charge >= 0.3 is 0 Å². The summed E-state index contributed by atoms with van der Waals surface area (Å²) >= 11 is 0. The molecule has 2 heteroatoms. The highest BCUT2D eigenvalue weighted by Gasteiger charge is 2.09. The highest BCUT2D eigenvalue weighted by Crippen LogP contribution is 2.27. The van der Waals surface area contributed by atoms with Gasteiger partial charge in [-0.15, -0.1) is 0 Å². The van der Waals surface area contributed by atoms with Crippen LogP contribution in [0.3, 0.4) is 0 Å². The van der Waals surface area contributed by atoms with Gasteiger partial charge in [0, 0.05) is 23.6 Å². The van der Waals surface area contributed by atoms with Gasteiger partial charge in [-0.25, -0.2) is 0 Å². The Balaban J connectivity index is 2.06. The third kappa shape index (κ3) is 2.80. The zero-order valence-electron chi connectivity index (χ0n) is 12.7. The van der Waals surface area contributed by atoms with E-state index in [1.807, 2.05) is 6.07 Å². The largest absolute Gasteiger partial charge is 0.497 e. The number of benzene rings is 2. The maximum absolute atomic E-state index is 5.37. The summed E-state index contributed by atoms with van der Waals surface area (Å²) in [6, 6.07) is 17.0. The standard InChI is InChI=1S/C19H21NO/c1-3-7-16-14-20(13-15-8-5-4-6-9-15)19-11-10-17(21-2)12-18(16)19/h4-6,8-12,14H,3,7,13H2,1-2H3. The maximum Gasteiger partial charge on any atom is 0.119 e. The predicted molar refractivity (Wildman–Crippen MR) is 88.0 cm³/mol. The number of rotatable bonds is 5. The normalized spacial score (nSPS) is 11.0. The lowest BCUT2D eigenvalue weighted by atomic mass is 10.1. The molecule has 0 radical (unpaired) electrons. The average Bonchev–Trinajstić information content (AvgIpc) is 2.86. The molecule has 0 N–H and O–H groups in total. The third-order valence-electron chi connectivity index (χ3n) is 3.89. The van der Waals surface area contributed by atoms with Gasteiger partial charge in [0.2, 0.25) is 0 Å². The van der Waals surface area contributed by atoms with Crippen LogP contribution >= 0.6 is 0 Å². The van der Waals surface area contributed by atoms with E-state index in [9.17, 15) is 0 Å². The van der Waals surface area contributed by atoms with Crippen molar-refractivity contribution < 1.29 is 4.74 Å². The van der Waals surface area contributed by atoms with E-state index in [1.54, 1.807) is 7.11 Å². The van der Waals surface area contributed by atoms with E-state index in [2.05, 4.69) is 60.2 Å². The second-order valence-corrected chi connectivity index (χ2v) is 5.40. The van der Waals surface area contributed by atoms with Crippen molar-refractivity contribution in [3.63, 3.8) is 0 Å². The quantitative estimate of drug-likeness (QED) is 0.663. The Bertz CT molecular complexity index is 728. The molecule has 0 fully saturated rings. The van der Waals surface area contributed by atoms with Crippen LogP contribution in [-0.2, 0) is 13.0 Å². The van der Waals surface area contributed by atoms with Crippen molar-refractivity contribution in [2.24, 2.45) is 0 Å². The zero-order chi connectivity index (χ0) is 14.7. The van der Waals surface area contributed by atoms with E-state index in [0.29, 0.717) is 0 Å². The zero-order valence-corrected chi connectivity index (χ0v) is 12.7. The molecule has 0 bridgehead atoms. The summed E-state index contributed by atoms with van der Waals surface area (Å²) in [6.07, 6.45) is 4.55. The number of hydrogen-bond donors (Lipinski definition) is 0. The van der Waals surface area contributed by atoms with Crippen molar-refractivity contribution in [3.8, 4) is 5.75 Å². The second kappa shape index (κ2) is 6.04. The Morgan fingerprint density at radius 3 is 2.57 bits per heavy atom. The average molecular weight is 279 g/mol. The molecule has 0 spiro atoms. The van der Waals surface area contributed by atoms with Crippen LogP contribution in [0.25, 0.3) is 10.9 Å². The Morgan fingerprint density at radius 2 is 1.86 bits per heavy atom. The number of fused-ring (bicyclic) bond motifs is 1. The summed E-state index contributed by atoms with van der Waals surface area (Å²) in [5.41, 5.74) is 4.01. The number of hydrogen-bond acceptors (Lipinski definition) is 1. The lowest BCUT2D eigenvalue weighted by Gasteiger charge is -2.06. The molecule has 2 nitrogen and oxygen atoms in total. The van der Waals surface area contributed by atoms with E-state index in [-0.39, 0.29) is 0 Å². The van der Waals surface area contributed by atoms with Crippen LogP contribution < -0.4 is 4.74 Å². The third-order valence-corrected chi connectivity index (χ3v) is 3.89. The topological polar surface area (TPSA) is 14.2 Å². The van der Waals surface area contributed by atoms with Crippen LogP contribution in [-0.4, -0.2) is 11.7 Å². The molecule has 21 heavy (non-hydrogen) atoms. The fourth-order valence-electron chi connectivity index (χ4n) is 2.86. The van der Waals surface area contributed by atoms with Crippen LogP contribution in [0.1, 0.15) is 24.5 Å². The second-order valence-electron chi connectivity index (χ2n) is 5.40. The molecule has 0 aliphatic rings. The van der Waals surface area contributed by atoms with E-state index >= 15 is 0 Å². The molecule has 108 valence electrons. The molecule has 2 aromatic carbocycles. The van der Waals surface area contributed by atoms with Crippen LogP contribution in [0, 0.1) is 0 Å². The molecule has 1 heterocycles. The maximum atomic E-state index is 5.37. The molecule has 0 saturated carbocycles. The lowest BCUT2D eigenvalue weighted by molar-refractivity contribution is 0.415. The minimum Gasteiger partial charge on any atom is -0.497 e. The van der Waals surface area contributed by atoms with Crippen molar-refractivity contribution >= 4 is 10.9 Å². The van der Waals surface area contributed by atoms with Gasteiger partial charge in [0.25, 0.3) is 0 Å². The minimum atomic E-state index is 0.910. The predicted octanol–water partition coefficient (Wildman–Crippen LogP) is 4.65.